The number of fused-ring (bicyclic) bond motifs is 1. The van der Waals surface area contributed by atoms with E-state index >= 15 is 0 Å². The van der Waals surface area contributed by atoms with Gasteiger partial charge in [0, 0.05) is 10.6 Å². The van der Waals surface area contributed by atoms with E-state index in [4.69, 9.17) is 23.2 Å². The highest BCUT2D eigenvalue weighted by Crippen LogP contribution is 2.29. The Labute approximate surface area is 195 Å². The molecule has 0 aliphatic carbocycles. The van der Waals surface area contributed by atoms with Crippen molar-refractivity contribution in [2.24, 2.45) is 0 Å². The molecule has 1 aromatic heterocycles. The normalized spacial score (nSPS) is 10.9. The molecule has 0 saturated carbocycles. The van der Waals surface area contributed by atoms with Crippen molar-refractivity contribution in [2.75, 3.05) is 5.32 Å². The third kappa shape index (κ3) is 3.98. The van der Waals surface area contributed by atoms with Crippen molar-refractivity contribution in [2.45, 2.75) is 0 Å². The Morgan fingerprint density at radius 2 is 1.53 bits per heavy atom. The van der Waals surface area contributed by atoms with Gasteiger partial charge in [-0.15, -0.1) is 0 Å². The number of hydrogen-bond acceptors (Lipinski definition) is 2. The smallest absolute Gasteiger partial charge is 0.276 e. The highest BCUT2D eigenvalue weighted by atomic mass is 35.5. The minimum absolute atomic E-state index is 0.281. The van der Waals surface area contributed by atoms with Gasteiger partial charge < -0.3 is 5.32 Å². The minimum Gasteiger partial charge on any atom is -0.319 e. The molecule has 0 bridgehead atoms. The van der Waals surface area contributed by atoms with Gasteiger partial charge in [0.05, 0.1) is 22.1 Å². The quantitative estimate of drug-likeness (QED) is 0.308. The monoisotopic (exact) mass is 457 g/mol. The zero-order valence-electron chi connectivity index (χ0n) is 16.8. The van der Waals surface area contributed by atoms with Crippen LogP contribution in [0.15, 0.2) is 97.1 Å². The van der Waals surface area contributed by atoms with Gasteiger partial charge in [0.15, 0.2) is 5.69 Å². The molecule has 5 aromatic rings. The summed E-state index contributed by atoms with van der Waals surface area (Å²) < 4.78 is 1.78. The van der Waals surface area contributed by atoms with Crippen molar-refractivity contribution in [3.8, 4) is 16.9 Å². The van der Waals surface area contributed by atoms with Crippen LogP contribution < -0.4 is 5.32 Å². The van der Waals surface area contributed by atoms with E-state index in [9.17, 15) is 4.79 Å². The fourth-order valence-electron chi connectivity index (χ4n) is 3.59. The van der Waals surface area contributed by atoms with E-state index in [0.29, 0.717) is 15.7 Å². The van der Waals surface area contributed by atoms with E-state index in [2.05, 4.69) is 34.7 Å². The lowest BCUT2D eigenvalue weighted by molar-refractivity contribution is 0.102. The first kappa shape index (κ1) is 20.3. The number of carbonyl (C=O) groups is 1. The number of nitrogens with one attached hydrogen (secondary N) is 1. The fraction of sp³-hybridized carbons (Fsp3) is 0. The number of hydrogen-bond donors (Lipinski definition) is 1. The van der Waals surface area contributed by atoms with Crippen LogP contribution in [-0.4, -0.2) is 15.7 Å². The van der Waals surface area contributed by atoms with Gasteiger partial charge >= 0.3 is 0 Å². The van der Waals surface area contributed by atoms with Crippen molar-refractivity contribution >= 4 is 45.6 Å². The van der Waals surface area contributed by atoms with Crippen LogP contribution in [0.3, 0.4) is 0 Å². The summed E-state index contributed by atoms with van der Waals surface area (Å²) in [6.45, 7) is 0. The summed E-state index contributed by atoms with van der Waals surface area (Å²) in [4.78, 5) is 13.0. The summed E-state index contributed by atoms with van der Waals surface area (Å²) in [6, 6.07) is 30.8. The first-order valence-electron chi connectivity index (χ1n) is 9.99. The highest BCUT2D eigenvalue weighted by molar-refractivity contribution is 6.36. The molecule has 4 aromatic carbocycles. The van der Waals surface area contributed by atoms with Crippen molar-refractivity contribution in [3.05, 3.63) is 113 Å². The Hall–Kier alpha value is -3.60. The molecule has 0 aliphatic heterocycles. The molecule has 6 heteroatoms. The van der Waals surface area contributed by atoms with E-state index < -0.39 is 0 Å². The average molecular weight is 458 g/mol. The Bertz CT molecular complexity index is 1440. The molecule has 0 fully saturated rings. The van der Waals surface area contributed by atoms with Gasteiger partial charge in [0.2, 0.25) is 0 Å². The summed E-state index contributed by atoms with van der Waals surface area (Å²) in [6.07, 6.45) is 0. The van der Waals surface area contributed by atoms with Gasteiger partial charge in [0.25, 0.3) is 5.91 Å². The van der Waals surface area contributed by atoms with Gasteiger partial charge in [-0.3, -0.25) is 4.79 Å². The molecule has 0 unspecified atom stereocenters. The zero-order valence-corrected chi connectivity index (χ0v) is 18.3. The molecule has 1 N–H and O–H groups in total. The number of halogens is 2. The lowest BCUT2D eigenvalue weighted by Crippen LogP contribution is -2.13. The Morgan fingerprint density at radius 3 is 2.31 bits per heavy atom. The number of nitrogens with zero attached hydrogens (tertiary/aromatic N) is 2. The van der Waals surface area contributed by atoms with Crippen molar-refractivity contribution in [3.63, 3.8) is 0 Å². The summed E-state index contributed by atoms with van der Waals surface area (Å²) in [7, 11) is 0. The van der Waals surface area contributed by atoms with Crippen molar-refractivity contribution in [1.29, 1.82) is 0 Å². The van der Waals surface area contributed by atoms with Crippen LogP contribution in [0.2, 0.25) is 10.0 Å². The average Bonchev–Trinajstić information content (AvgIpc) is 3.27. The maximum Gasteiger partial charge on any atom is 0.276 e. The van der Waals surface area contributed by atoms with Crippen molar-refractivity contribution < 1.29 is 4.79 Å². The van der Waals surface area contributed by atoms with Crippen LogP contribution in [0.4, 0.5) is 5.69 Å². The maximum atomic E-state index is 13.0. The zero-order chi connectivity index (χ0) is 22.1. The number of para-hydroxylation sites is 1. The number of carbonyl (C=O) groups excluding carboxylic acids is 1. The molecule has 1 amide bonds. The molecule has 1 heterocycles. The summed E-state index contributed by atoms with van der Waals surface area (Å²) in [5, 5.41) is 10.6. The maximum absolute atomic E-state index is 13.0. The van der Waals surface area contributed by atoms with Crippen LogP contribution in [0.25, 0.3) is 27.7 Å². The van der Waals surface area contributed by atoms with Crippen LogP contribution in [0.5, 0.6) is 0 Å². The SMILES string of the molecule is O=C(Nc1ccc(Cl)cc1Cl)c1cc(-c2ccc3ccccc3c2)n(-c2ccccc2)n1. The van der Waals surface area contributed by atoms with Crippen LogP contribution in [0.1, 0.15) is 10.5 Å². The fourth-order valence-corrected chi connectivity index (χ4v) is 4.05. The second kappa shape index (κ2) is 8.50. The van der Waals surface area contributed by atoms with Crippen LogP contribution >= 0.6 is 23.2 Å². The number of aromatic nitrogens is 2. The molecule has 0 radical (unpaired) electrons. The molecule has 0 saturated heterocycles. The van der Waals surface area contributed by atoms with Gasteiger partial charge in [0.1, 0.15) is 0 Å². The molecule has 0 spiro atoms. The van der Waals surface area contributed by atoms with Crippen LogP contribution in [-0.2, 0) is 0 Å². The third-order valence-corrected chi connectivity index (χ3v) is 5.72. The molecule has 32 heavy (non-hydrogen) atoms. The molecule has 5 rings (SSSR count). The lowest BCUT2D eigenvalue weighted by Gasteiger charge is -2.08. The van der Waals surface area contributed by atoms with E-state index in [-0.39, 0.29) is 11.6 Å². The Balaban J connectivity index is 1.58. The predicted octanol–water partition coefficient (Wildman–Crippen LogP) is 7.25. The number of anilines is 1. The largest absolute Gasteiger partial charge is 0.319 e. The van der Waals surface area contributed by atoms with Crippen molar-refractivity contribution in [1.82, 2.24) is 9.78 Å². The van der Waals surface area contributed by atoms with Gasteiger partial charge in [-0.2, -0.15) is 5.10 Å². The van der Waals surface area contributed by atoms with E-state index in [0.717, 1.165) is 27.7 Å². The molecule has 0 aliphatic rings. The van der Waals surface area contributed by atoms with Gasteiger partial charge in [-0.25, -0.2) is 4.68 Å². The van der Waals surface area contributed by atoms with E-state index in [1.54, 1.807) is 28.9 Å². The topological polar surface area (TPSA) is 46.9 Å². The first-order chi connectivity index (χ1) is 15.6. The molecule has 156 valence electrons. The summed E-state index contributed by atoms with van der Waals surface area (Å²) in [5.41, 5.74) is 3.39. The standard InChI is InChI=1S/C26H17Cl2N3O/c27-20-12-13-23(22(28)15-20)29-26(32)24-16-25(31(30-24)21-8-2-1-3-9-21)19-11-10-17-6-4-5-7-18(17)14-19/h1-16H,(H,29,32). The van der Waals surface area contributed by atoms with E-state index in [1.807, 2.05) is 48.5 Å². The molecular weight excluding hydrogens is 441 g/mol. The number of amides is 1. The van der Waals surface area contributed by atoms with Gasteiger partial charge in [-0.05, 0) is 53.2 Å². The number of rotatable bonds is 4. The highest BCUT2D eigenvalue weighted by Gasteiger charge is 2.18. The number of benzene rings is 4. The first-order valence-corrected chi connectivity index (χ1v) is 10.8. The second-order valence-corrected chi connectivity index (χ2v) is 8.15. The molecule has 0 atom stereocenters. The second-order valence-electron chi connectivity index (χ2n) is 7.30. The molecule has 4 nitrogen and oxygen atoms in total. The Kier molecular flexibility index (Phi) is 5.39. The minimum atomic E-state index is -0.356. The third-order valence-electron chi connectivity index (χ3n) is 5.17. The Morgan fingerprint density at radius 1 is 0.781 bits per heavy atom. The van der Waals surface area contributed by atoms with E-state index in [1.165, 1.54) is 0 Å². The van der Waals surface area contributed by atoms with Crippen LogP contribution in [0, 0.1) is 0 Å². The lowest BCUT2D eigenvalue weighted by atomic mass is 10.0. The predicted molar refractivity (Wildman–Crippen MR) is 131 cm³/mol. The van der Waals surface area contributed by atoms with Gasteiger partial charge in [-0.1, -0.05) is 77.8 Å². The summed E-state index contributed by atoms with van der Waals surface area (Å²) in [5.74, 6) is -0.356. The molecular formula is C26H17Cl2N3O. The summed E-state index contributed by atoms with van der Waals surface area (Å²) >= 11 is 12.2.